The number of rotatable bonds is 4. The van der Waals surface area contributed by atoms with Crippen molar-refractivity contribution in [3.63, 3.8) is 0 Å². The first kappa shape index (κ1) is 15.1. The highest BCUT2D eigenvalue weighted by molar-refractivity contribution is 6.34. The summed E-state index contributed by atoms with van der Waals surface area (Å²) in [6.45, 7) is 3.69. The summed E-state index contributed by atoms with van der Waals surface area (Å²) in [6, 6.07) is 5.00. The van der Waals surface area contributed by atoms with Crippen LogP contribution in [0.2, 0.25) is 5.02 Å². The molecule has 110 valence electrons. The van der Waals surface area contributed by atoms with Gasteiger partial charge in [-0.15, -0.1) is 0 Å². The number of amides is 1. The summed E-state index contributed by atoms with van der Waals surface area (Å²) < 4.78 is 0. The van der Waals surface area contributed by atoms with Crippen LogP contribution in [0.5, 0.6) is 0 Å². The van der Waals surface area contributed by atoms with Gasteiger partial charge in [0.15, 0.2) is 0 Å². The zero-order valence-corrected chi connectivity index (χ0v) is 12.2. The second-order valence-electron chi connectivity index (χ2n) is 5.31. The molecule has 0 saturated carbocycles. The maximum atomic E-state index is 12.0. The van der Waals surface area contributed by atoms with E-state index in [-0.39, 0.29) is 17.9 Å². The van der Waals surface area contributed by atoms with Gasteiger partial charge in [-0.05, 0) is 44.0 Å². The number of nitrogens with one attached hydrogen (secondary N) is 1. The first-order valence-electron chi connectivity index (χ1n) is 6.71. The largest absolute Gasteiger partial charge is 0.399 e. The molecule has 1 aliphatic heterocycles. The van der Waals surface area contributed by atoms with E-state index < -0.39 is 0 Å². The molecule has 6 heteroatoms. The smallest absolute Gasteiger partial charge is 0.238 e. The third kappa shape index (κ3) is 3.85. The highest BCUT2D eigenvalue weighted by Crippen LogP contribution is 2.24. The van der Waals surface area contributed by atoms with E-state index in [0.717, 1.165) is 19.5 Å². The minimum absolute atomic E-state index is 0.108. The van der Waals surface area contributed by atoms with Crippen LogP contribution in [0.1, 0.15) is 13.3 Å². The molecule has 0 aliphatic carbocycles. The van der Waals surface area contributed by atoms with Gasteiger partial charge in [-0.1, -0.05) is 11.6 Å². The Morgan fingerprint density at radius 3 is 3.00 bits per heavy atom. The Hall–Kier alpha value is -1.30. The predicted octanol–water partition coefficient (Wildman–Crippen LogP) is 1.56. The fraction of sp³-hybridized carbons (Fsp3) is 0.500. The van der Waals surface area contributed by atoms with Crippen LogP contribution in [0.3, 0.4) is 0 Å². The van der Waals surface area contributed by atoms with Crippen molar-refractivity contribution in [3.8, 4) is 0 Å². The Balaban J connectivity index is 1.87. The van der Waals surface area contributed by atoms with Crippen molar-refractivity contribution in [3.05, 3.63) is 23.2 Å². The van der Waals surface area contributed by atoms with Gasteiger partial charge < -0.3 is 16.2 Å². The first-order valence-corrected chi connectivity index (χ1v) is 7.09. The number of aliphatic hydroxyl groups is 1. The van der Waals surface area contributed by atoms with Crippen LogP contribution in [-0.4, -0.2) is 41.7 Å². The van der Waals surface area contributed by atoms with Crippen molar-refractivity contribution in [1.82, 2.24) is 4.90 Å². The van der Waals surface area contributed by atoms with E-state index in [1.807, 2.05) is 4.90 Å². The lowest BCUT2D eigenvalue weighted by atomic mass is 10.0. The van der Waals surface area contributed by atoms with Gasteiger partial charge in [0.05, 0.1) is 23.4 Å². The number of nitrogens with zero attached hydrogens (tertiary/aromatic N) is 1. The molecule has 2 unspecified atom stereocenters. The molecule has 5 nitrogen and oxygen atoms in total. The number of likely N-dealkylation sites (tertiary alicyclic amines) is 1. The number of hydrogen-bond acceptors (Lipinski definition) is 4. The van der Waals surface area contributed by atoms with Crippen molar-refractivity contribution in [1.29, 1.82) is 0 Å². The average molecular weight is 298 g/mol. The van der Waals surface area contributed by atoms with Gasteiger partial charge >= 0.3 is 0 Å². The van der Waals surface area contributed by atoms with E-state index >= 15 is 0 Å². The van der Waals surface area contributed by atoms with E-state index in [4.69, 9.17) is 17.3 Å². The Kier molecular flexibility index (Phi) is 4.86. The molecule has 0 radical (unpaired) electrons. The fourth-order valence-electron chi connectivity index (χ4n) is 2.43. The van der Waals surface area contributed by atoms with Gasteiger partial charge in [0.2, 0.25) is 5.91 Å². The third-order valence-corrected chi connectivity index (χ3v) is 3.94. The quantitative estimate of drug-likeness (QED) is 0.737. The normalized spacial score (nSPS) is 20.9. The highest BCUT2D eigenvalue weighted by Gasteiger charge is 2.27. The lowest BCUT2D eigenvalue weighted by Gasteiger charge is -2.17. The first-order chi connectivity index (χ1) is 9.45. The van der Waals surface area contributed by atoms with Crippen LogP contribution in [-0.2, 0) is 4.79 Å². The molecule has 1 amide bonds. The molecule has 1 heterocycles. The van der Waals surface area contributed by atoms with Crippen LogP contribution in [0, 0.1) is 5.92 Å². The number of nitrogens with two attached hydrogens (primary N) is 1. The number of halogens is 1. The average Bonchev–Trinajstić information content (AvgIpc) is 2.81. The van der Waals surface area contributed by atoms with Gasteiger partial charge in [0, 0.05) is 12.2 Å². The highest BCUT2D eigenvalue weighted by atomic mass is 35.5. The van der Waals surface area contributed by atoms with Crippen molar-refractivity contribution in [2.24, 2.45) is 5.92 Å². The molecule has 0 aromatic heterocycles. The Labute approximate surface area is 123 Å². The monoisotopic (exact) mass is 297 g/mol. The number of carbonyl (C=O) groups is 1. The Morgan fingerprint density at radius 2 is 2.40 bits per heavy atom. The molecule has 1 saturated heterocycles. The fourth-order valence-corrected chi connectivity index (χ4v) is 2.66. The number of aliphatic hydroxyl groups excluding tert-OH is 1. The predicted molar refractivity (Wildman–Crippen MR) is 80.7 cm³/mol. The summed E-state index contributed by atoms with van der Waals surface area (Å²) in [5.41, 5.74) is 6.73. The summed E-state index contributed by atoms with van der Waals surface area (Å²) in [5.74, 6) is 0.144. The second-order valence-corrected chi connectivity index (χ2v) is 5.72. The molecule has 2 atom stereocenters. The van der Waals surface area contributed by atoms with Crippen molar-refractivity contribution in [2.75, 3.05) is 30.7 Å². The van der Waals surface area contributed by atoms with Crippen molar-refractivity contribution >= 4 is 28.9 Å². The summed E-state index contributed by atoms with van der Waals surface area (Å²) in [7, 11) is 0. The molecule has 20 heavy (non-hydrogen) atoms. The van der Waals surface area contributed by atoms with E-state index in [1.54, 1.807) is 25.1 Å². The number of anilines is 2. The third-order valence-electron chi connectivity index (χ3n) is 3.63. The standard InChI is InChI=1S/C14H20ClN3O2/c1-9(19)10-4-5-18(7-10)8-14(20)17-13-3-2-11(16)6-12(13)15/h2-3,6,9-10,19H,4-5,7-8,16H2,1H3,(H,17,20). The second kappa shape index (κ2) is 6.43. The van der Waals surface area contributed by atoms with Crippen molar-refractivity contribution < 1.29 is 9.90 Å². The number of carbonyl (C=O) groups excluding carboxylic acids is 1. The number of nitrogen functional groups attached to an aromatic ring is 1. The number of hydrogen-bond donors (Lipinski definition) is 3. The lowest BCUT2D eigenvalue weighted by Crippen LogP contribution is -2.32. The van der Waals surface area contributed by atoms with Gasteiger partial charge in [-0.25, -0.2) is 0 Å². The van der Waals surface area contributed by atoms with Crippen LogP contribution in [0.4, 0.5) is 11.4 Å². The van der Waals surface area contributed by atoms with E-state index in [0.29, 0.717) is 22.9 Å². The summed E-state index contributed by atoms with van der Waals surface area (Å²) in [4.78, 5) is 14.0. The maximum Gasteiger partial charge on any atom is 0.238 e. The van der Waals surface area contributed by atoms with Crippen LogP contribution < -0.4 is 11.1 Å². The van der Waals surface area contributed by atoms with Crippen LogP contribution >= 0.6 is 11.6 Å². The van der Waals surface area contributed by atoms with Crippen molar-refractivity contribution in [2.45, 2.75) is 19.4 Å². The molecule has 1 aromatic carbocycles. The lowest BCUT2D eigenvalue weighted by molar-refractivity contribution is -0.117. The van der Waals surface area contributed by atoms with Crippen LogP contribution in [0.25, 0.3) is 0 Å². The molecule has 4 N–H and O–H groups in total. The molecule has 1 aliphatic rings. The summed E-state index contributed by atoms with van der Waals surface area (Å²) in [6.07, 6.45) is 0.600. The summed E-state index contributed by atoms with van der Waals surface area (Å²) in [5, 5.41) is 12.8. The van der Waals surface area contributed by atoms with E-state index in [1.165, 1.54) is 0 Å². The Bertz CT molecular complexity index is 493. The number of benzene rings is 1. The molecule has 1 aromatic rings. The van der Waals surface area contributed by atoms with Gasteiger partial charge in [0.1, 0.15) is 0 Å². The minimum atomic E-state index is -0.324. The topological polar surface area (TPSA) is 78.6 Å². The molecule has 0 bridgehead atoms. The zero-order valence-electron chi connectivity index (χ0n) is 11.5. The van der Waals surface area contributed by atoms with Gasteiger partial charge in [-0.3, -0.25) is 9.69 Å². The zero-order chi connectivity index (χ0) is 14.7. The van der Waals surface area contributed by atoms with Crippen LogP contribution in [0.15, 0.2) is 18.2 Å². The molecule has 1 fully saturated rings. The van der Waals surface area contributed by atoms with E-state index in [9.17, 15) is 9.90 Å². The molecule has 0 spiro atoms. The molecular formula is C14H20ClN3O2. The maximum absolute atomic E-state index is 12.0. The molecular weight excluding hydrogens is 278 g/mol. The molecule has 2 rings (SSSR count). The van der Waals surface area contributed by atoms with Gasteiger partial charge in [0.25, 0.3) is 0 Å². The summed E-state index contributed by atoms with van der Waals surface area (Å²) >= 11 is 6.01. The Morgan fingerprint density at radius 1 is 1.65 bits per heavy atom. The SMILES string of the molecule is CC(O)C1CCN(CC(=O)Nc2ccc(N)cc2Cl)C1. The van der Waals surface area contributed by atoms with E-state index in [2.05, 4.69) is 5.32 Å². The van der Waals surface area contributed by atoms with Gasteiger partial charge in [-0.2, -0.15) is 0 Å². The minimum Gasteiger partial charge on any atom is -0.399 e.